The van der Waals surface area contributed by atoms with Crippen LogP contribution in [0.1, 0.15) is 45.4 Å². The van der Waals surface area contributed by atoms with E-state index < -0.39 is 11.7 Å². The van der Waals surface area contributed by atoms with Gasteiger partial charge in [0.05, 0.1) is 16.3 Å². The third kappa shape index (κ3) is 5.47. The lowest BCUT2D eigenvalue weighted by Gasteiger charge is -2.31. The lowest BCUT2D eigenvalue weighted by atomic mass is 9.84. The van der Waals surface area contributed by atoms with E-state index in [1.807, 2.05) is 0 Å². The van der Waals surface area contributed by atoms with Gasteiger partial charge in [-0.1, -0.05) is 39.3 Å². The Hall–Kier alpha value is -0.810. The summed E-state index contributed by atoms with van der Waals surface area (Å²) in [7, 11) is 0. The molecule has 0 saturated carbocycles. The lowest BCUT2D eigenvalue weighted by Crippen LogP contribution is -2.42. The van der Waals surface area contributed by atoms with Crippen molar-refractivity contribution in [2.24, 2.45) is 5.41 Å². The molecule has 1 atom stereocenters. The molecule has 0 aromatic carbocycles. The lowest BCUT2D eigenvalue weighted by molar-refractivity contribution is -0.137. The average Bonchev–Trinajstić information content (AvgIpc) is 2.33. The summed E-state index contributed by atoms with van der Waals surface area (Å²) in [5.41, 5.74) is -0.360. The van der Waals surface area contributed by atoms with E-state index in [2.05, 4.69) is 38.0 Å². The zero-order valence-corrected chi connectivity index (χ0v) is 13.6. The van der Waals surface area contributed by atoms with E-state index in [0.717, 1.165) is 25.2 Å². The Labute approximate surface area is 129 Å². The Morgan fingerprint density at radius 1 is 1.29 bits per heavy atom. The first-order chi connectivity index (χ1) is 9.55. The maximum Gasteiger partial charge on any atom is 0.417 e. The normalized spacial score (nSPS) is 14.3. The molecule has 0 bridgehead atoms. The highest BCUT2D eigenvalue weighted by Crippen LogP contribution is 2.32. The Balaban J connectivity index is 2.94. The monoisotopic (exact) mass is 322 g/mol. The molecule has 21 heavy (non-hydrogen) atoms. The van der Waals surface area contributed by atoms with Crippen molar-refractivity contribution in [3.05, 3.63) is 28.5 Å². The van der Waals surface area contributed by atoms with Crippen LogP contribution in [0.3, 0.4) is 0 Å². The molecule has 0 amide bonds. The van der Waals surface area contributed by atoms with Gasteiger partial charge >= 0.3 is 6.18 Å². The molecule has 1 N–H and O–H groups in total. The zero-order valence-electron chi connectivity index (χ0n) is 12.8. The largest absolute Gasteiger partial charge is 0.417 e. The molecule has 0 aliphatic heterocycles. The van der Waals surface area contributed by atoms with Gasteiger partial charge in [-0.15, -0.1) is 0 Å². The van der Waals surface area contributed by atoms with Crippen molar-refractivity contribution in [3.8, 4) is 0 Å². The summed E-state index contributed by atoms with van der Waals surface area (Å²) in [4.78, 5) is 3.91. The first-order valence-corrected chi connectivity index (χ1v) is 7.38. The number of nitrogens with zero attached hydrogens (tertiary/aromatic N) is 1. The molecule has 0 aliphatic rings. The van der Waals surface area contributed by atoms with Crippen LogP contribution in [-0.2, 0) is 12.6 Å². The Kier molecular flexibility index (Phi) is 6.05. The SMILES string of the molecule is CCCNC(Cc1ncc(C(F)(F)F)cc1Cl)C(C)(C)C. The quantitative estimate of drug-likeness (QED) is 0.849. The molecule has 1 unspecified atom stereocenters. The van der Waals surface area contributed by atoms with E-state index in [0.29, 0.717) is 12.1 Å². The zero-order chi connectivity index (χ0) is 16.3. The molecular formula is C15H22ClF3N2. The molecule has 0 fully saturated rings. The third-order valence-electron chi connectivity index (χ3n) is 3.33. The van der Waals surface area contributed by atoms with Gasteiger partial charge in [0.1, 0.15) is 0 Å². The molecule has 0 spiro atoms. The van der Waals surface area contributed by atoms with Crippen LogP contribution in [0.4, 0.5) is 13.2 Å². The first kappa shape index (κ1) is 18.2. The van der Waals surface area contributed by atoms with E-state index >= 15 is 0 Å². The summed E-state index contributed by atoms with van der Waals surface area (Å²) in [6.45, 7) is 9.16. The van der Waals surface area contributed by atoms with E-state index in [4.69, 9.17) is 11.6 Å². The summed E-state index contributed by atoms with van der Waals surface area (Å²) in [5.74, 6) is 0. The average molecular weight is 323 g/mol. The fourth-order valence-corrected chi connectivity index (χ4v) is 2.21. The minimum atomic E-state index is -4.42. The predicted molar refractivity (Wildman–Crippen MR) is 79.5 cm³/mol. The second-order valence-corrected chi connectivity index (χ2v) is 6.63. The fourth-order valence-electron chi connectivity index (χ4n) is 1.97. The van der Waals surface area contributed by atoms with Crippen molar-refractivity contribution < 1.29 is 13.2 Å². The Morgan fingerprint density at radius 2 is 1.90 bits per heavy atom. The van der Waals surface area contributed by atoms with Crippen LogP contribution in [0.15, 0.2) is 12.3 Å². The smallest absolute Gasteiger partial charge is 0.313 e. The molecule has 0 radical (unpaired) electrons. The predicted octanol–water partition coefficient (Wildman–Crippen LogP) is 4.71. The molecule has 0 aliphatic carbocycles. The second kappa shape index (κ2) is 6.97. The van der Waals surface area contributed by atoms with Gasteiger partial charge in [-0.25, -0.2) is 0 Å². The van der Waals surface area contributed by atoms with E-state index in [-0.39, 0.29) is 16.5 Å². The van der Waals surface area contributed by atoms with Crippen molar-refractivity contribution in [3.63, 3.8) is 0 Å². The van der Waals surface area contributed by atoms with E-state index in [1.165, 1.54) is 0 Å². The summed E-state index contributed by atoms with van der Waals surface area (Å²) in [5, 5.41) is 3.48. The topological polar surface area (TPSA) is 24.9 Å². The van der Waals surface area contributed by atoms with Gasteiger partial charge in [-0.2, -0.15) is 13.2 Å². The van der Waals surface area contributed by atoms with Gasteiger partial charge in [-0.3, -0.25) is 4.98 Å². The molecule has 2 nitrogen and oxygen atoms in total. The van der Waals surface area contributed by atoms with Gasteiger partial charge in [0, 0.05) is 18.7 Å². The van der Waals surface area contributed by atoms with Crippen LogP contribution in [-0.4, -0.2) is 17.6 Å². The molecular weight excluding hydrogens is 301 g/mol. The van der Waals surface area contributed by atoms with Crippen LogP contribution in [0.25, 0.3) is 0 Å². The van der Waals surface area contributed by atoms with Crippen LogP contribution in [0.5, 0.6) is 0 Å². The molecule has 1 rings (SSSR count). The summed E-state index contributed by atoms with van der Waals surface area (Å²) < 4.78 is 37.8. The minimum Gasteiger partial charge on any atom is -0.313 e. The third-order valence-corrected chi connectivity index (χ3v) is 3.66. The van der Waals surface area contributed by atoms with Gasteiger partial charge in [0.2, 0.25) is 0 Å². The highest BCUT2D eigenvalue weighted by Gasteiger charge is 2.32. The van der Waals surface area contributed by atoms with Crippen molar-refractivity contribution in [1.29, 1.82) is 0 Å². The molecule has 1 heterocycles. The highest BCUT2D eigenvalue weighted by molar-refractivity contribution is 6.31. The van der Waals surface area contributed by atoms with Gasteiger partial charge in [-0.05, 0) is 24.4 Å². The van der Waals surface area contributed by atoms with Crippen LogP contribution < -0.4 is 5.32 Å². The molecule has 1 aromatic heterocycles. The second-order valence-electron chi connectivity index (χ2n) is 6.23. The number of rotatable bonds is 5. The number of nitrogens with one attached hydrogen (secondary N) is 1. The minimum absolute atomic E-state index is 0.0388. The standard InChI is InChI=1S/C15H22ClF3N2/c1-5-6-20-13(14(2,3)4)8-12-11(16)7-10(9-21-12)15(17,18)19/h7,9,13,20H,5-6,8H2,1-4H3. The van der Waals surface area contributed by atoms with E-state index in [1.54, 1.807) is 0 Å². The fraction of sp³-hybridized carbons (Fsp3) is 0.667. The van der Waals surface area contributed by atoms with Crippen molar-refractivity contribution in [2.75, 3.05) is 6.54 Å². The molecule has 1 aromatic rings. The number of alkyl halides is 3. The van der Waals surface area contributed by atoms with Crippen LogP contribution in [0, 0.1) is 5.41 Å². The van der Waals surface area contributed by atoms with Gasteiger partial charge in [0.15, 0.2) is 0 Å². The first-order valence-electron chi connectivity index (χ1n) is 7.00. The molecule has 0 saturated heterocycles. The maximum absolute atomic E-state index is 12.6. The molecule has 120 valence electrons. The highest BCUT2D eigenvalue weighted by atomic mass is 35.5. The number of pyridine rings is 1. The molecule has 6 heteroatoms. The number of hydrogen-bond donors (Lipinski definition) is 1. The number of hydrogen-bond acceptors (Lipinski definition) is 2. The summed E-state index contributed by atoms with van der Waals surface area (Å²) in [6.07, 6.45) is -2.08. The van der Waals surface area contributed by atoms with Crippen molar-refractivity contribution in [2.45, 2.75) is 52.8 Å². The van der Waals surface area contributed by atoms with Gasteiger partial charge < -0.3 is 5.32 Å². The van der Waals surface area contributed by atoms with Gasteiger partial charge in [0.25, 0.3) is 0 Å². The van der Waals surface area contributed by atoms with Crippen molar-refractivity contribution in [1.82, 2.24) is 10.3 Å². The van der Waals surface area contributed by atoms with Crippen molar-refractivity contribution >= 4 is 11.6 Å². The number of aromatic nitrogens is 1. The maximum atomic E-state index is 12.6. The Bertz CT molecular complexity index is 467. The summed E-state index contributed by atoms with van der Waals surface area (Å²) in [6, 6.07) is 1.04. The Morgan fingerprint density at radius 3 is 2.33 bits per heavy atom. The van der Waals surface area contributed by atoms with Crippen LogP contribution in [0.2, 0.25) is 5.02 Å². The van der Waals surface area contributed by atoms with E-state index in [9.17, 15) is 13.2 Å². The van der Waals surface area contributed by atoms with Crippen LogP contribution >= 0.6 is 11.6 Å². The summed E-state index contributed by atoms with van der Waals surface area (Å²) >= 11 is 5.97. The number of halogens is 4.